The van der Waals surface area contributed by atoms with Gasteiger partial charge < -0.3 is 14.7 Å². The summed E-state index contributed by atoms with van der Waals surface area (Å²) in [5.41, 5.74) is 0.909. The Morgan fingerprint density at radius 3 is 2.68 bits per heavy atom. The third kappa shape index (κ3) is 4.73. The number of rotatable bonds is 7. The summed E-state index contributed by atoms with van der Waals surface area (Å²) in [5, 5.41) is 9.80. The summed E-state index contributed by atoms with van der Waals surface area (Å²) < 4.78 is 5.08. The van der Waals surface area contributed by atoms with Crippen LogP contribution >= 0.6 is 11.6 Å². The molecule has 0 atom stereocenters. The molecule has 0 bridgehead atoms. The van der Waals surface area contributed by atoms with E-state index in [0.29, 0.717) is 29.8 Å². The minimum atomic E-state index is -0.946. The highest BCUT2D eigenvalue weighted by molar-refractivity contribution is 6.31. The SMILES string of the molecule is COCCN(CC(C)C)c1cc(Cl)ccc1C(=O)O. The lowest BCUT2D eigenvalue weighted by atomic mass is 10.1. The van der Waals surface area contributed by atoms with Crippen LogP contribution in [-0.2, 0) is 4.74 Å². The lowest BCUT2D eigenvalue weighted by molar-refractivity contribution is 0.0697. The van der Waals surface area contributed by atoms with E-state index in [1.807, 2.05) is 4.90 Å². The van der Waals surface area contributed by atoms with Crippen LogP contribution in [0.15, 0.2) is 18.2 Å². The number of hydrogen-bond donors (Lipinski definition) is 1. The molecule has 0 unspecified atom stereocenters. The maximum Gasteiger partial charge on any atom is 0.337 e. The number of ether oxygens (including phenoxy) is 1. The first-order chi connectivity index (χ1) is 8.95. The number of methoxy groups -OCH3 is 1. The second-order valence-corrected chi connectivity index (χ2v) is 5.24. The van der Waals surface area contributed by atoms with Gasteiger partial charge in [0, 0.05) is 25.2 Å². The summed E-state index contributed by atoms with van der Waals surface area (Å²) in [5.74, 6) is -0.532. The molecule has 0 spiro atoms. The molecule has 1 aromatic carbocycles. The van der Waals surface area contributed by atoms with Crippen LogP contribution in [0.5, 0.6) is 0 Å². The van der Waals surface area contributed by atoms with Crippen LogP contribution in [0.3, 0.4) is 0 Å². The standard InChI is InChI=1S/C14H20ClNO3/c1-10(2)9-16(6-7-19-3)13-8-11(15)4-5-12(13)14(17)18/h4-5,8,10H,6-7,9H2,1-3H3,(H,17,18). The lowest BCUT2D eigenvalue weighted by Gasteiger charge is -2.28. The average molecular weight is 286 g/mol. The highest BCUT2D eigenvalue weighted by Crippen LogP contribution is 2.25. The van der Waals surface area contributed by atoms with Gasteiger partial charge in [0.1, 0.15) is 0 Å². The summed E-state index contributed by atoms with van der Waals surface area (Å²) in [4.78, 5) is 13.3. The van der Waals surface area contributed by atoms with Crippen molar-refractivity contribution in [3.63, 3.8) is 0 Å². The summed E-state index contributed by atoms with van der Waals surface area (Å²) in [6.45, 7) is 6.10. The minimum absolute atomic E-state index is 0.265. The zero-order valence-electron chi connectivity index (χ0n) is 11.5. The molecule has 0 aliphatic rings. The highest BCUT2D eigenvalue weighted by atomic mass is 35.5. The number of carboxylic acid groups (broad SMARTS) is 1. The number of carboxylic acids is 1. The molecule has 0 amide bonds. The summed E-state index contributed by atoms with van der Waals surface area (Å²) in [7, 11) is 1.63. The van der Waals surface area contributed by atoms with Gasteiger partial charge in [0.25, 0.3) is 0 Å². The van der Waals surface area contributed by atoms with Crippen molar-refractivity contribution in [1.29, 1.82) is 0 Å². The van der Waals surface area contributed by atoms with Crippen molar-refractivity contribution >= 4 is 23.3 Å². The molecule has 0 heterocycles. The van der Waals surface area contributed by atoms with Crippen LogP contribution in [0, 0.1) is 5.92 Å². The summed E-state index contributed by atoms with van der Waals surface area (Å²) in [6, 6.07) is 4.83. The molecular weight excluding hydrogens is 266 g/mol. The molecule has 5 heteroatoms. The molecule has 0 aliphatic carbocycles. The van der Waals surface area contributed by atoms with Crippen molar-refractivity contribution in [1.82, 2.24) is 0 Å². The van der Waals surface area contributed by atoms with E-state index in [1.54, 1.807) is 25.3 Å². The molecular formula is C14H20ClNO3. The number of halogens is 1. The van der Waals surface area contributed by atoms with Gasteiger partial charge in [-0.15, -0.1) is 0 Å². The van der Waals surface area contributed by atoms with Gasteiger partial charge in [0.05, 0.1) is 17.9 Å². The van der Waals surface area contributed by atoms with Crippen molar-refractivity contribution in [3.8, 4) is 0 Å². The Balaban J connectivity index is 3.11. The minimum Gasteiger partial charge on any atom is -0.478 e. The molecule has 1 rings (SSSR count). The molecule has 0 radical (unpaired) electrons. The van der Waals surface area contributed by atoms with E-state index in [1.165, 1.54) is 0 Å². The van der Waals surface area contributed by atoms with Crippen molar-refractivity contribution in [3.05, 3.63) is 28.8 Å². The average Bonchev–Trinajstić information content (AvgIpc) is 2.33. The number of anilines is 1. The van der Waals surface area contributed by atoms with Gasteiger partial charge in [-0.2, -0.15) is 0 Å². The van der Waals surface area contributed by atoms with E-state index in [-0.39, 0.29) is 5.56 Å². The van der Waals surface area contributed by atoms with Crippen LogP contribution < -0.4 is 4.90 Å². The Bertz CT molecular complexity index is 435. The Morgan fingerprint density at radius 1 is 1.47 bits per heavy atom. The number of aromatic carboxylic acids is 1. The largest absolute Gasteiger partial charge is 0.478 e. The third-order valence-electron chi connectivity index (χ3n) is 2.68. The molecule has 0 aliphatic heterocycles. The van der Waals surface area contributed by atoms with E-state index in [4.69, 9.17) is 16.3 Å². The molecule has 1 aromatic rings. The lowest BCUT2D eigenvalue weighted by Crippen LogP contribution is -2.32. The fraction of sp³-hybridized carbons (Fsp3) is 0.500. The van der Waals surface area contributed by atoms with Crippen LogP contribution in [0.2, 0.25) is 5.02 Å². The normalized spacial score (nSPS) is 10.8. The van der Waals surface area contributed by atoms with Gasteiger partial charge in [-0.05, 0) is 24.1 Å². The molecule has 1 N–H and O–H groups in total. The van der Waals surface area contributed by atoms with E-state index >= 15 is 0 Å². The number of benzene rings is 1. The first kappa shape index (κ1) is 15.8. The zero-order chi connectivity index (χ0) is 14.4. The predicted molar refractivity (Wildman–Crippen MR) is 77.3 cm³/mol. The Kier molecular flexibility index (Phi) is 6.12. The molecule has 0 fully saturated rings. The first-order valence-electron chi connectivity index (χ1n) is 6.22. The summed E-state index contributed by atoms with van der Waals surface area (Å²) >= 11 is 5.99. The van der Waals surface area contributed by atoms with Crippen LogP contribution in [0.1, 0.15) is 24.2 Å². The second-order valence-electron chi connectivity index (χ2n) is 4.80. The molecule has 4 nitrogen and oxygen atoms in total. The third-order valence-corrected chi connectivity index (χ3v) is 2.92. The fourth-order valence-electron chi connectivity index (χ4n) is 1.90. The van der Waals surface area contributed by atoms with Gasteiger partial charge in [-0.1, -0.05) is 25.4 Å². The van der Waals surface area contributed by atoms with Gasteiger partial charge >= 0.3 is 5.97 Å². The Hall–Kier alpha value is -1.26. The maximum absolute atomic E-state index is 11.3. The van der Waals surface area contributed by atoms with Gasteiger partial charge in [-0.3, -0.25) is 0 Å². The highest BCUT2D eigenvalue weighted by Gasteiger charge is 2.17. The van der Waals surface area contributed by atoms with Gasteiger partial charge in [0.2, 0.25) is 0 Å². The van der Waals surface area contributed by atoms with Gasteiger partial charge in [0.15, 0.2) is 0 Å². The monoisotopic (exact) mass is 285 g/mol. The van der Waals surface area contributed by atoms with Crippen LogP contribution in [0.4, 0.5) is 5.69 Å². The predicted octanol–water partition coefficient (Wildman–Crippen LogP) is 3.15. The summed E-state index contributed by atoms with van der Waals surface area (Å²) in [6.07, 6.45) is 0. The smallest absolute Gasteiger partial charge is 0.337 e. The van der Waals surface area contributed by atoms with E-state index < -0.39 is 5.97 Å². The fourth-order valence-corrected chi connectivity index (χ4v) is 2.07. The van der Waals surface area contributed by atoms with Crippen LogP contribution in [0.25, 0.3) is 0 Å². The van der Waals surface area contributed by atoms with E-state index in [2.05, 4.69) is 13.8 Å². The molecule has 0 aromatic heterocycles. The van der Waals surface area contributed by atoms with E-state index in [0.717, 1.165) is 6.54 Å². The Labute approximate surface area is 118 Å². The molecule has 106 valence electrons. The number of nitrogens with zero attached hydrogens (tertiary/aromatic N) is 1. The quantitative estimate of drug-likeness (QED) is 0.836. The topological polar surface area (TPSA) is 49.8 Å². The van der Waals surface area contributed by atoms with Crippen molar-refractivity contribution < 1.29 is 14.6 Å². The number of carbonyl (C=O) groups is 1. The zero-order valence-corrected chi connectivity index (χ0v) is 12.3. The number of hydrogen-bond acceptors (Lipinski definition) is 3. The molecule has 0 saturated heterocycles. The molecule has 19 heavy (non-hydrogen) atoms. The van der Waals surface area contributed by atoms with Crippen molar-refractivity contribution in [2.75, 3.05) is 31.7 Å². The van der Waals surface area contributed by atoms with Crippen molar-refractivity contribution in [2.24, 2.45) is 5.92 Å². The first-order valence-corrected chi connectivity index (χ1v) is 6.60. The maximum atomic E-state index is 11.3. The Morgan fingerprint density at radius 2 is 2.16 bits per heavy atom. The van der Waals surface area contributed by atoms with Crippen LogP contribution in [-0.4, -0.2) is 37.9 Å². The van der Waals surface area contributed by atoms with Gasteiger partial charge in [-0.25, -0.2) is 4.79 Å². The van der Waals surface area contributed by atoms with E-state index in [9.17, 15) is 9.90 Å². The molecule has 0 saturated carbocycles. The van der Waals surface area contributed by atoms with Crippen molar-refractivity contribution in [2.45, 2.75) is 13.8 Å². The second kappa shape index (κ2) is 7.36.